The second-order valence-corrected chi connectivity index (χ2v) is 3.41. The molecule has 0 saturated heterocycles. The Labute approximate surface area is 91.1 Å². The predicted octanol–water partition coefficient (Wildman–Crippen LogP) is 3.17. The first-order valence-corrected chi connectivity index (χ1v) is 4.84. The highest BCUT2D eigenvalue weighted by Crippen LogP contribution is 2.09. The van der Waals surface area contributed by atoms with Gasteiger partial charge in [0.25, 0.3) is 0 Å². The molecular weight excluding hydrogens is 182 g/mol. The summed E-state index contributed by atoms with van der Waals surface area (Å²) in [5, 5.41) is 8.78. The SMILES string of the molecule is C#CCC(C#N)C=Cc1ccc(C)cc1. The third-order valence-electron chi connectivity index (χ3n) is 2.10. The average Bonchev–Trinajstić information content (AvgIpc) is 2.26. The summed E-state index contributed by atoms with van der Waals surface area (Å²) in [5.74, 6) is 2.31. The van der Waals surface area contributed by atoms with Gasteiger partial charge in [-0.3, -0.25) is 0 Å². The number of terminal acetylenes is 1. The van der Waals surface area contributed by atoms with E-state index in [1.807, 2.05) is 43.3 Å². The van der Waals surface area contributed by atoms with Crippen molar-refractivity contribution in [3.63, 3.8) is 0 Å². The van der Waals surface area contributed by atoms with Crippen LogP contribution in [-0.4, -0.2) is 0 Å². The van der Waals surface area contributed by atoms with Crippen LogP contribution in [0, 0.1) is 36.5 Å². The van der Waals surface area contributed by atoms with Gasteiger partial charge in [0.2, 0.25) is 0 Å². The lowest BCUT2D eigenvalue weighted by molar-refractivity contribution is 0.872. The highest BCUT2D eigenvalue weighted by molar-refractivity contribution is 5.50. The fourth-order valence-electron chi connectivity index (χ4n) is 1.19. The molecule has 0 N–H and O–H groups in total. The van der Waals surface area contributed by atoms with E-state index in [2.05, 4.69) is 12.0 Å². The molecule has 0 spiro atoms. The van der Waals surface area contributed by atoms with Gasteiger partial charge in [0.05, 0.1) is 12.0 Å². The van der Waals surface area contributed by atoms with Gasteiger partial charge < -0.3 is 0 Å². The number of rotatable bonds is 3. The number of nitriles is 1. The first kappa shape index (κ1) is 11.1. The third kappa shape index (κ3) is 3.71. The molecule has 1 aromatic carbocycles. The van der Waals surface area contributed by atoms with Crippen molar-refractivity contribution in [3.05, 3.63) is 41.5 Å². The molecule has 0 aromatic heterocycles. The second kappa shape index (κ2) is 5.68. The number of allylic oxidation sites excluding steroid dienone is 1. The van der Waals surface area contributed by atoms with Crippen molar-refractivity contribution < 1.29 is 0 Å². The van der Waals surface area contributed by atoms with Gasteiger partial charge in [0, 0.05) is 6.42 Å². The van der Waals surface area contributed by atoms with Crippen LogP contribution in [0.25, 0.3) is 6.08 Å². The first-order valence-electron chi connectivity index (χ1n) is 4.84. The standard InChI is InChI=1S/C14H13N/c1-3-4-14(11-15)10-9-13-7-5-12(2)6-8-13/h1,5-10,14H,4H2,2H3. The molecule has 1 rings (SSSR count). The molecule has 15 heavy (non-hydrogen) atoms. The van der Waals surface area contributed by atoms with E-state index in [4.69, 9.17) is 11.7 Å². The summed E-state index contributed by atoms with van der Waals surface area (Å²) in [6, 6.07) is 10.3. The summed E-state index contributed by atoms with van der Waals surface area (Å²) in [7, 11) is 0. The van der Waals surface area contributed by atoms with Gasteiger partial charge >= 0.3 is 0 Å². The Morgan fingerprint density at radius 3 is 2.60 bits per heavy atom. The van der Waals surface area contributed by atoms with E-state index in [1.165, 1.54) is 5.56 Å². The van der Waals surface area contributed by atoms with Crippen molar-refractivity contribution in [3.8, 4) is 18.4 Å². The Morgan fingerprint density at radius 1 is 1.40 bits per heavy atom. The predicted molar refractivity (Wildman–Crippen MR) is 62.8 cm³/mol. The molecule has 0 aliphatic rings. The Balaban J connectivity index is 2.69. The Hall–Kier alpha value is -1.99. The maximum Gasteiger partial charge on any atom is 0.0755 e. The number of hydrogen-bond acceptors (Lipinski definition) is 1. The maximum atomic E-state index is 8.78. The highest BCUT2D eigenvalue weighted by atomic mass is 14.3. The molecule has 0 saturated carbocycles. The molecule has 1 unspecified atom stereocenters. The van der Waals surface area contributed by atoms with E-state index in [1.54, 1.807) is 0 Å². The van der Waals surface area contributed by atoms with E-state index >= 15 is 0 Å². The Kier molecular flexibility index (Phi) is 4.20. The lowest BCUT2D eigenvalue weighted by Crippen LogP contribution is -1.88. The minimum Gasteiger partial charge on any atom is -0.198 e. The zero-order valence-electron chi connectivity index (χ0n) is 8.77. The van der Waals surface area contributed by atoms with Crippen molar-refractivity contribution in [2.24, 2.45) is 5.92 Å². The lowest BCUT2D eigenvalue weighted by Gasteiger charge is -1.97. The van der Waals surface area contributed by atoms with Gasteiger partial charge in [0.15, 0.2) is 0 Å². The van der Waals surface area contributed by atoms with E-state index < -0.39 is 0 Å². The van der Waals surface area contributed by atoms with Crippen LogP contribution < -0.4 is 0 Å². The molecule has 1 nitrogen and oxygen atoms in total. The van der Waals surface area contributed by atoms with Gasteiger partial charge in [-0.25, -0.2) is 0 Å². The number of benzene rings is 1. The summed E-state index contributed by atoms with van der Waals surface area (Å²) >= 11 is 0. The fraction of sp³-hybridized carbons (Fsp3) is 0.214. The zero-order valence-corrected chi connectivity index (χ0v) is 8.77. The molecule has 1 heteroatoms. The number of aryl methyl sites for hydroxylation is 1. The molecule has 0 radical (unpaired) electrons. The summed E-state index contributed by atoms with van der Waals surface area (Å²) in [6.07, 6.45) is 9.42. The van der Waals surface area contributed by atoms with Crippen molar-refractivity contribution in [1.82, 2.24) is 0 Å². The summed E-state index contributed by atoms with van der Waals surface area (Å²) in [4.78, 5) is 0. The lowest BCUT2D eigenvalue weighted by atomic mass is 10.1. The van der Waals surface area contributed by atoms with Crippen LogP contribution in [0.2, 0.25) is 0 Å². The topological polar surface area (TPSA) is 23.8 Å². The molecule has 0 heterocycles. The van der Waals surface area contributed by atoms with Crippen LogP contribution >= 0.6 is 0 Å². The van der Waals surface area contributed by atoms with Gasteiger partial charge in [-0.15, -0.1) is 12.3 Å². The van der Waals surface area contributed by atoms with E-state index in [9.17, 15) is 0 Å². The smallest absolute Gasteiger partial charge is 0.0755 e. The second-order valence-electron chi connectivity index (χ2n) is 3.41. The molecular formula is C14H13N. The van der Waals surface area contributed by atoms with E-state index in [-0.39, 0.29) is 5.92 Å². The normalized spacial score (nSPS) is 11.9. The van der Waals surface area contributed by atoms with Crippen molar-refractivity contribution in [1.29, 1.82) is 5.26 Å². The van der Waals surface area contributed by atoms with Crippen LogP contribution in [0.4, 0.5) is 0 Å². The van der Waals surface area contributed by atoms with Crippen LogP contribution in [0.1, 0.15) is 17.5 Å². The summed E-state index contributed by atoms with van der Waals surface area (Å²) in [6.45, 7) is 2.05. The Morgan fingerprint density at radius 2 is 2.07 bits per heavy atom. The summed E-state index contributed by atoms with van der Waals surface area (Å²) in [5.41, 5.74) is 2.32. The molecule has 0 aliphatic heterocycles. The largest absolute Gasteiger partial charge is 0.198 e. The van der Waals surface area contributed by atoms with Crippen LogP contribution in [-0.2, 0) is 0 Å². The zero-order chi connectivity index (χ0) is 11.1. The van der Waals surface area contributed by atoms with Gasteiger partial charge in [-0.2, -0.15) is 5.26 Å². The molecule has 0 amide bonds. The number of hydrogen-bond donors (Lipinski definition) is 0. The molecule has 74 valence electrons. The summed E-state index contributed by atoms with van der Waals surface area (Å²) < 4.78 is 0. The fourth-order valence-corrected chi connectivity index (χ4v) is 1.19. The molecule has 0 aliphatic carbocycles. The van der Waals surface area contributed by atoms with Gasteiger partial charge in [0.1, 0.15) is 0 Å². The van der Waals surface area contributed by atoms with E-state index in [0.717, 1.165) is 5.56 Å². The highest BCUT2D eigenvalue weighted by Gasteiger charge is 1.98. The van der Waals surface area contributed by atoms with Crippen molar-refractivity contribution >= 4 is 6.08 Å². The van der Waals surface area contributed by atoms with Gasteiger partial charge in [-0.1, -0.05) is 42.0 Å². The Bertz CT molecular complexity index is 412. The molecule has 1 atom stereocenters. The van der Waals surface area contributed by atoms with Gasteiger partial charge in [-0.05, 0) is 12.5 Å². The number of nitrogens with zero attached hydrogens (tertiary/aromatic N) is 1. The molecule has 0 bridgehead atoms. The minimum atomic E-state index is -0.184. The monoisotopic (exact) mass is 195 g/mol. The van der Waals surface area contributed by atoms with Crippen LogP contribution in [0.5, 0.6) is 0 Å². The maximum absolute atomic E-state index is 8.78. The van der Waals surface area contributed by atoms with Crippen molar-refractivity contribution in [2.75, 3.05) is 0 Å². The quantitative estimate of drug-likeness (QED) is 0.679. The van der Waals surface area contributed by atoms with Crippen molar-refractivity contribution in [2.45, 2.75) is 13.3 Å². The third-order valence-corrected chi connectivity index (χ3v) is 2.10. The molecule has 1 aromatic rings. The minimum absolute atomic E-state index is 0.184. The average molecular weight is 195 g/mol. The van der Waals surface area contributed by atoms with Crippen LogP contribution in [0.15, 0.2) is 30.3 Å². The van der Waals surface area contributed by atoms with E-state index in [0.29, 0.717) is 6.42 Å². The molecule has 0 fully saturated rings. The van der Waals surface area contributed by atoms with Crippen LogP contribution in [0.3, 0.4) is 0 Å². The first-order chi connectivity index (χ1) is 7.26.